The van der Waals surface area contributed by atoms with Crippen molar-refractivity contribution in [1.29, 1.82) is 0 Å². The third-order valence-corrected chi connectivity index (χ3v) is 0.271. The van der Waals surface area contributed by atoms with Crippen molar-refractivity contribution in [3.63, 3.8) is 0 Å². The maximum Gasteiger partial charge on any atom is 0.0421 e. The predicted molar refractivity (Wildman–Crippen MR) is 22.7 cm³/mol. The zero-order valence-electron chi connectivity index (χ0n) is 3.55. The summed E-state index contributed by atoms with van der Waals surface area (Å²) in [7, 11) is 0. The molecule has 0 bridgehead atoms. The highest BCUT2D eigenvalue weighted by atomic mass is 17.0. The number of nitrogens with two attached hydrogens (primary N) is 1. The molecule has 0 amide bonds. The van der Waals surface area contributed by atoms with Gasteiger partial charge in [0.2, 0.25) is 0 Å². The smallest absolute Gasteiger partial charge is 0.0421 e. The molecule has 5 nitrogen and oxygen atoms in total. The van der Waals surface area contributed by atoms with Crippen molar-refractivity contribution in [2.45, 2.75) is 0 Å². The third kappa shape index (κ3) is 3.11. The third-order valence-electron chi connectivity index (χ3n) is 0.271. The molecule has 0 heterocycles. The first kappa shape index (κ1) is 6.29. The lowest BCUT2D eigenvalue weighted by Gasteiger charge is -2.03. The summed E-state index contributed by atoms with van der Waals surface area (Å²) in [4.78, 5) is 3.58. The molecule has 0 aromatic carbocycles. The molecule has 0 aromatic heterocycles. The maximum absolute atomic E-state index is 9.80. The number of hydrogen-bond acceptors (Lipinski definition) is 4. The average molecular weight is 103 g/mol. The Morgan fingerprint density at radius 2 is 2.57 bits per heavy atom. The average Bonchev–Trinajstić information content (AvgIpc) is 1.68. The lowest BCUT2D eigenvalue weighted by Crippen LogP contribution is -3.02. The molecule has 0 spiro atoms. The number of nitrogens with zero attached hydrogens (tertiary/aromatic N) is 1. The molecule has 7 heavy (non-hydrogen) atoms. The molecule has 0 saturated carbocycles. The number of rotatable bonds is 2. The lowest BCUT2D eigenvalue weighted by atomic mass is 11.2. The Morgan fingerprint density at radius 1 is 2.00 bits per heavy atom. The molecule has 1 atom stereocenters. The Balaban J connectivity index is 3.35. The van der Waals surface area contributed by atoms with Crippen LogP contribution in [0.4, 0.5) is 0 Å². The van der Waals surface area contributed by atoms with Crippen molar-refractivity contribution in [2.24, 2.45) is 11.0 Å². The minimum absolute atomic E-state index is 0.894. The monoisotopic (exact) mass is 103 g/mol. The molecule has 0 radical (unpaired) electrons. The SMILES string of the molecule is C=C=N[NH+]([O-])ON. The zero-order chi connectivity index (χ0) is 5.70. The van der Waals surface area contributed by atoms with Gasteiger partial charge in [0.1, 0.15) is 0 Å². The van der Waals surface area contributed by atoms with Crippen LogP contribution in [0, 0.1) is 5.21 Å². The summed E-state index contributed by atoms with van der Waals surface area (Å²) in [6.07, 6.45) is 0. The van der Waals surface area contributed by atoms with Crippen molar-refractivity contribution < 1.29 is 10.3 Å². The molecule has 0 aromatic rings. The van der Waals surface area contributed by atoms with Crippen LogP contribution in [0.25, 0.3) is 0 Å². The summed E-state index contributed by atoms with van der Waals surface area (Å²) in [5, 5.41) is 11.8. The van der Waals surface area contributed by atoms with Crippen molar-refractivity contribution in [2.75, 3.05) is 0 Å². The topological polar surface area (TPSA) is 75.1 Å². The summed E-state index contributed by atoms with van der Waals surface area (Å²) >= 11 is 0. The molecule has 0 fully saturated rings. The van der Waals surface area contributed by atoms with Gasteiger partial charge in [-0.1, -0.05) is 10.3 Å². The zero-order valence-corrected chi connectivity index (χ0v) is 3.55. The highest BCUT2D eigenvalue weighted by Crippen LogP contribution is 1.32. The van der Waals surface area contributed by atoms with Gasteiger partial charge in [-0.2, -0.15) is 5.90 Å². The van der Waals surface area contributed by atoms with Crippen LogP contribution in [-0.4, -0.2) is 5.87 Å². The van der Waals surface area contributed by atoms with E-state index in [0.717, 1.165) is 0 Å². The Labute approximate surface area is 40.1 Å². The van der Waals surface area contributed by atoms with E-state index in [1.807, 2.05) is 5.87 Å². The fourth-order valence-corrected chi connectivity index (χ4v) is 0.0909. The van der Waals surface area contributed by atoms with Crippen LogP contribution in [0.3, 0.4) is 0 Å². The molecule has 5 heteroatoms. The van der Waals surface area contributed by atoms with E-state index in [4.69, 9.17) is 0 Å². The van der Waals surface area contributed by atoms with Gasteiger partial charge in [-0.25, -0.2) is 0 Å². The maximum atomic E-state index is 9.80. The van der Waals surface area contributed by atoms with E-state index in [1.165, 1.54) is 0 Å². The molecular formula is C2H5N3O2. The Bertz CT molecular complexity index is 86.9. The van der Waals surface area contributed by atoms with Crippen LogP contribution >= 0.6 is 0 Å². The van der Waals surface area contributed by atoms with Crippen LogP contribution in [0.2, 0.25) is 0 Å². The number of quaternary nitrogens is 1. The van der Waals surface area contributed by atoms with Crippen LogP contribution in [0.1, 0.15) is 0 Å². The predicted octanol–water partition coefficient (Wildman–Crippen LogP) is -2.05. The molecular weight excluding hydrogens is 98.0 g/mol. The van der Waals surface area contributed by atoms with Gasteiger partial charge in [0.05, 0.1) is 0 Å². The van der Waals surface area contributed by atoms with Crippen molar-refractivity contribution in [1.82, 2.24) is 0 Å². The molecule has 0 rings (SSSR count). The van der Waals surface area contributed by atoms with Gasteiger partial charge in [0, 0.05) is 5.87 Å². The van der Waals surface area contributed by atoms with Gasteiger partial charge in [0.15, 0.2) is 0 Å². The molecule has 0 saturated heterocycles. The first-order chi connectivity index (χ1) is 3.31. The highest BCUT2D eigenvalue weighted by molar-refractivity contribution is 5.44. The highest BCUT2D eigenvalue weighted by Gasteiger charge is 1.79. The molecule has 0 aliphatic rings. The van der Waals surface area contributed by atoms with E-state index >= 15 is 0 Å². The molecule has 0 aliphatic carbocycles. The minimum atomic E-state index is -0.894. The quantitative estimate of drug-likeness (QED) is 0.312. The van der Waals surface area contributed by atoms with E-state index in [2.05, 4.69) is 22.5 Å². The van der Waals surface area contributed by atoms with Gasteiger partial charge in [-0.3, -0.25) is 0 Å². The molecule has 1 unspecified atom stereocenters. The van der Waals surface area contributed by atoms with E-state index < -0.39 is 5.34 Å². The largest absolute Gasteiger partial charge is 0.570 e. The van der Waals surface area contributed by atoms with Crippen LogP contribution < -0.4 is 11.2 Å². The summed E-state index contributed by atoms with van der Waals surface area (Å²) < 4.78 is 0. The number of hydrogen-bond donors (Lipinski definition) is 2. The van der Waals surface area contributed by atoms with Crippen molar-refractivity contribution >= 4 is 5.87 Å². The van der Waals surface area contributed by atoms with Crippen LogP contribution in [0.5, 0.6) is 0 Å². The fraction of sp³-hybridized carbons (Fsp3) is 0. The Kier molecular flexibility index (Phi) is 3.13. The normalized spacial score (nSPS) is 12.3. The van der Waals surface area contributed by atoms with Crippen molar-refractivity contribution in [3.05, 3.63) is 11.8 Å². The standard InChI is InChI=1S/C2H5N3O2/c1-2-4-5(6)7-3/h5H,1,3H2. The summed E-state index contributed by atoms with van der Waals surface area (Å²) in [5.74, 6) is 6.29. The van der Waals surface area contributed by atoms with Gasteiger partial charge in [-0.15, -0.1) is 0 Å². The second-order valence-electron chi connectivity index (χ2n) is 0.654. The Hall–Kier alpha value is -0.710. The van der Waals surface area contributed by atoms with Crippen molar-refractivity contribution in [3.8, 4) is 0 Å². The second kappa shape index (κ2) is 3.48. The van der Waals surface area contributed by atoms with E-state index in [1.54, 1.807) is 0 Å². The van der Waals surface area contributed by atoms with Crippen LogP contribution in [0.15, 0.2) is 11.7 Å². The van der Waals surface area contributed by atoms with Gasteiger partial charge >= 0.3 is 0 Å². The van der Waals surface area contributed by atoms with Gasteiger partial charge in [0.25, 0.3) is 0 Å². The second-order valence-corrected chi connectivity index (χ2v) is 0.654. The van der Waals surface area contributed by atoms with E-state index in [-0.39, 0.29) is 0 Å². The Morgan fingerprint density at radius 3 is 2.71 bits per heavy atom. The summed E-state index contributed by atoms with van der Waals surface area (Å²) in [6, 6.07) is 0. The summed E-state index contributed by atoms with van der Waals surface area (Å²) in [6.45, 7) is 3.00. The number of nitrogens with one attached hydrogen (secondary N) is 1. The van der Waals surface area contributed by atoms with Crippen LogP contribution in [-0.2, 0) is 4.94 Å². The summed E-state index contributed by atoms with van der Waals surface area (Å²) in [5.41, 5.74) is 0. The molecule has 3 N–H and O–H groups in total. The first-order valence-corrected chi connectivity index (χ1v) is 1.44. The fourth-order valence-electron chi connectivity index (χ4n) is 0.0909. The lowest BCUT2D eigenvalue weighted by molar-refractivity contribution is -1.06. The van der Waals surface area contributed by atoms with Gasteiger partial charge in [-0.05, 0) is 11.7 Å². The van der Waals surface area contributed by atoms with E-state index in [9.17, 15) is 5.21 Å². The molecule has 0 aliphatic heterocycles. The molecule has 40 valence electrons. The minimum Gasteiger partial charge on any atom is -0.570 e. The first-order valence-electron chi connectivity index (χ1n) is 1.44. The van der Waals surface area contributed by atoms with E-state index in [0.29, 0.717) is 0 Å². The van der Waals surface area contributed by atoms with Gasteiger partial charge < -0.3 is 5.21 Å².